The summed E-state index contributed by atoms with van der Waals surface area (Å²) in [6, 6.07) is 0. The SMILES string of the molecule is Cc1noc(C)c1CN1CCC(C(C)O)CC1. The fourth-order valence-electron chi connectivity index (χ4n) is 2.54. The molecule has 1 saturated heterocycles. The molecule has 1 atom stereocenters. The molecule has 2 heterocycles. The predicted octanol–water partition coefficient (Wildman–Crippen LogP) is 1.88. The van der Waals surface area contributed by atoms with Gasteiger partial charge in [-0.25, -0.2) is 0 Å². The van der Waals surface area contributed by atoms with Crippen LogP contribution >= 0.6 is 0 Å². The monoisotopic (exact) mass is 238 g/mol. The molecule has 0 amide bonds. The fraction of sp³-hybridized carbons (Fsp3) is 0.769. The van der Waals surface area contributed by atoms with Gasteiger partial charge in [0.05, 0.1) is 11.8 Å². The Morgan fingerprint density at radius 1 is 1.41 bits per heavy atom. The third-order valence-electron chi connectivity index (χ3n) is 3.88. The Hall–Kier alpha value is -0.870. The van der Waals surface area contributed by atoms with E-state index >= 15 is 0 Å². The minimum atomic E-state index is -0.170. The lowest BCUT2D eigenvalue weighted by Crippen LogP contribution is -2.36. The number of aliphatic hydroxyl groups excluding tert-OH is 1. The van der Waals surface area contributed by atoms with Crippen LogP contribution in [0, 0.1) is 19.8 Å². The minimum Gasteiger partial charge on any atom is -0.393 e. The molecule has 4 heteroatoms. The minimum absolute atomic E-state index is 0.170. The van der Waals surface area contributed by atoms with E-state index in [1.807, 2.05) is 20.8 Å². The summed E-state index contributed by atoms with van der Waals surface area (Å²) in [5.41, 5.74) is 2.22. The van der Waals surface area contributed by atoms with Crippen LogP contribution in [-0.4, -0.2) is 34.4 Å². The van der Waals surface area contributed by atoms with E-state index in [4.69, 9.17) is 4.52 Å². The highest BCUT2D eigenvalue weighted by molar-refractivity contribution is 5.20. The van der Waals surface area contributed by atoms with Crippen molar-refractivity contribution in [1.82, 2.24) is 10.1 Å². The Kier molecular flexibility index (Phi) is 3.84. The van der Waals surface area contributed by atoms with Crippen molar-refractivity contribution in [2.45, 2.75) is 46.3 Å². The van der Waals surface area contributed by atoms with Gasteiger partial charge in [-0.15, -0.1) is 0 Å². The van der Waals surface area contributed by atoms with Crippen LogP contribution < -0.4 is 0 Å². The van der Waals surface area contributed by atoms with Gasteiger partial charge < -0.3 is 9.63 Å². The normalized spacial score (nSPS) is 20.7. The summed E-state index contributed by atoms with van der Waals surface area (Å²) in [5, 5.41) is 13.5. The van der Waals surface area contributed by atoms with Gasteiger partial charge >= 0.3 is 0 Å². The molecule has 0 bridgehead atoms. The molecule has 1 aliphatic heterocycles. The molecule has 1 aliphatic rings. The molecular formula is C13H22N2O2. The maximum absolute atomic E-state index is 9.56. The molecule has 17 heavy (non-hydrogen) atoms. The van der Waals surface area contributed by atoms with Gasteiger partial charge in [0.25, 0.3) is 0 Å². The number of piperidine rings is 1. The summed E-state index contributed by atoms with van der Waals surface area (Å²) < 4.78 is 5.18. The number of hydrogen-bond donors (Lipinski definition) is 1. The molecule has 1 aromatic heterocycles. The Labute approximate surface area is 103 Å². The van der Waals surface area contributed by atoms with Gasteiger partial charge in [0.15, 0.2) is 0 Å². The van der Waals surface area contributed by atoms with Gasteiger partial charge in [-0.2, -0.15) is 0 Å². The third kappa shape index (κ3) is 2.87. The molecular weight excluding hydrogens is 216 g/mol. The van der Waals surface area contributed by atoms with E-state index in [2.05, 4.69) is 10.1 Å². The number of aliphatic hydroxyl groups is 1. The van der Waals surface area contributed by atoms with Crippen LogP contribution in [0.5, 0.6) is 0 Å². The second-order valence-electron chi connectivity index (χ2n) is 5.16. The molecule has 0 aliphatic carbocycles. The second kappa shape index (κ2) is 5.19. The van der Waals surface area contributed by atoms with Crippen molar-refractivity contribution in [1.29, 1.82) is 0 Å². The molecule has 1 N–H and O–H groups in total. The van der Waals surface area contributed by atoms with Crippen molar-refractivity contribution >= 4 is 0 Å². The van der Waals surface area contributed by atoms with Crippen LogP contribution in [0.4, 0.5) is 0 Å². The zero-order chi connectivity index (χ0) is 12.4. The topological polar surface area (TPSA) is 49.5 Å². The van der Waals surface area contributed by atoms with Crippen molar-refractivity contribution in [2.75, 3.05) is 13.1 Å². The van der Waals surface area contributed by atoms with Crippen LogP contribution in [0.1, 0.15) is 36.8 Å². The largest absolute Gasteiger partial charge is 0.393 e. The van der Waals surface area contributed by atoms with Gasteiger partial charge in [-0.1, -0.05) is 5.16 Å². The molecule has 1 aromatic rings. The number of nitrogens with zero attached hydrogens (tertiary/aromatic N) is 2. The molecule has 96 valence electrons. The van der Waals surface area contributed by atoms with Crippen molar-refractivity contribution < 1.29 is 9.63 Å². The molecule has 0 radical (unpaired) electrons. The highest BCUT2D eigenvalue weighted by Gasteiger charge is 2.23. The fourth-order valence-corrected chi connectivity index (χ4v) is 2.54. The summed E-state index contributed by atoms with van der Waals surface area (Å²) >= 11 is 0. The van der Waals surface area contributed by atoms with Crippen molar-refractivity contribution in [2.24, 2.45) is 5.92 Å². The summed E-state index contributed by atoms with van der Waals surface area (Å²) in [6.45, 7) is 8.90. The summed E-state index contributed by atoms with van der Waals surface area (Å²) in [6.07, 6.45) is 2.00. The molecule has 0 spiro atoms. The van der Waals surface area contributed by atoms with E-state index in [9.17, 15) is 5.11 Å². The van der Waals surface area contributed by atoms with Crippen LogP contribution in [0.2, 0.25) is 0 Å². The first-order valence-electron chi connectivity index (χ1n) is 6.40. The first-order chi connectivity index (χ1) is 8.08. The zero-order valence-electron chi connectivity index (χ0n) is 10.9. The van der Waals surface area contributed by atoms with Gasteiger partial charge in [0.2, 0.25) is 0 Å². The number of hydrogen-bond acceptors (Lipinski definition) is 4. The van der Waals surface area contributed by atoms with Crippen LogP contribution in [0.3, 0.4) is 0 Å². The number of aryl methyl sites for hydroxylation is 2. The molecule has 2 rings (SSSR count). The predicted molar refractivity (Wildman–Crippen MR) is 65.7 cm³/mol. The Balaban J connectivity index is 1.90. The third-order valence-corrected chi connectivity index (χ3v) is 3.88. The maximum Gasteiger partial charge on any atom is 0.138 e. The van der Waals surface area contributed by atoms with Gasteiger partial charge in [-0.3, -0.25) is 4.90 Å². The van der Waals surface area contributed by atoms with Gasteiger partial charge in [0, 0.05) is 12.1 Å². The first-order valence-corrected chi connectivity index (χ1v) is 6.40. The molecule has 1 unspecified atom stereocenters. The van der Waals surface area contributed by atoms with E-state index in [0.29, 0.717) is 5.92 Å². The van der Waals surface area contributed by atoms with Crippen molar-refractivity contribution in [3.05, 3.63) is 17.0 Å². The lowest BCUT2D eigenvalue weighted by atomic mass is 9.92. The van der Waals surface area contributed by atoms with Gasteiger partial charge in [-0.05, 0) is 52.6 Å². The second-order valence-corrected chi connectivity index (χ2v) is 5.16. The first kappa shape index (κ1) is 12.6. The van der Waals surface area contributed by atoms with Crippen molar-refractivity contribution in [3.63, 3.8) is 0 Å². The Morgan fingerprint density at radius 3 is 2.53 bits per heavy atom. The summed E-state index contributed by atoms with van der Waals surface area (Å²) in [7, 11) is 0. The van der Waals surface area contributed by atoms with E-state index in [1.165, 1.54) is 5.56 Å². The van der Waals surface area contributed by atoms with Gasteiger partial charge in [0.1, 0.15) is 5.76 Å². The van der Waals surface area contributed by atoms with E-state index in [1.54, 1.807) is 0 Å². The Morgan fingerprint density at radius 2 is 2.06 bits per heavy atom. The standard InChI is InChI=1S/C13H22N2O2/c1-9-13(11(3)17-14-9)8-15-6-4-12(5-7-15)10(2)16/h10,12,16H,4-8H2,1-3H3. The van der Waals surface area contributed by atoms with Crippen LogP contribution in [-0.2, 0) is 6.54 Å². The van der Waals surface area contributed by atoms with Crippen molar-refractivity contribution in [3.8, 4) is 0 Å². The molecule has 4 nitrogen and oxygen atoms in total. The molecule has 0 aromatic carbocycles. The lowest BCUT2D eigenvalue weighted by Gasteiger charge is -2.33. The number of rotatable bonds is 3. The summed E-state index contributed by atoms with van der Waals surface area (Å²) in [5.74, 6) is 1.40. The summed E-state index contributed by atoms with van der Waals surface area (Å²) in [4.78, 5) is 2.42. The average molecular weight is 238 g/mol. The molecule has 1 fully saturated rings. The van der Waals surface area contributed by atoms with E-state index in [0.717, 1.165) is 43.9 Å². The highest BCUT2D eigenvalue weighted by atomic mass is 16.5. The van der Waals surface area contributed by atoms with E-state index in [-0.39, 0.29) is 6.10 Å². The maximum atomic E-state index is 9.56. The smallest absolute Gasteiger partial charge is 0.138 e. The Bertz CT molecular complexity index is 346. The zero-order valence-corrected chi connectivity index (χ0v) is 10.9. The molecule has 0 saturated carbocycles. The van der Waals surface area contributed by atoms with E-state index < -0.39 is 0 Å². The van der Waals surface area contributed by atoms with Crippen LogP contribution in [0.15, 0.2) is 4.52 Å². The van der Waals surface area contributed by atoms with Crippen LogP contribution in [0.25, 0.3) is 0 Å². The number of aromatic nitrogens is 1. The average Bonchev–Trinajstić information content (AvgIpc) is 2.61. The number of likely N-dealkylation sites (tertiary alicyclic amines) is 1. The lowest BCUT2D eigenvalue weighted by molar-refractivity contribution is 0.0693. The quantitative estimate of drug-likeness (QED) is 0.873. The highest BCUT2D eigenvalue weighted by Crippen LogP contribution is 2.23.